The number of rotatable bonds is 38. The fourth-order valence-electron chi connectivity index (χ4n) is 5.20. The average molecular weight is 831 g/mol. The summed E-state index contributed by atoms with van der Waals surface area (Å²) < 4.78 is 34.2. The highest BCUT2D eigenvalue weighted by Crippen LogP contribution is 2.43. The third-order valence-corrected chi connectivity index (χ3v) is 9.62. The molecule has 0 aliphatic heterocycles. The molecule has 0 radical (unpaired) electrons. The maximum absolute atomic E-state index is 12.7. The second kappa shape index (κ2) is 39.4. The van der Waals surface area contributed by atoms with Crippen LogP contribution in [-0.2, 0) is 32.7 Å². The second-order valence-corrected chi connectivity index (χ2v) is 16.8. The third kappa shape index (κ3) is 42.5. The molecule has 0 amide bonds. The van der Waals surface area contributed by atoms with Crippen molar-refractivity contribution in [2.45, 2.75) is 148 Å². The molecular formula is C48H81NO8P+. The highest BCUT2D eigenvalue weighted by Gasteiger charge is 2.27. The van der Waals surface area contributed by atoms with Gasteiger partial charge in [-0.3, -0.25) is 18.6 Å². The van der Waals surface area contributed by atoms with Crippen molar-refractivity contribution in [3.63, 3.8) is 0 Å². The van der Waals surface area contributed by atoms with Gasteiger partial charge in [0.05, 0.1) is 27.7 Å². The molecule has 0 aromatic rings. The van der Waals surface area contributed by atoms with E-state index in [2.05, 4.69) is 98.9 Å². The Labute approximate surface area is 353 Å². The molecule has 0 fully saturated rings. The maximum atomic E-state index is 12.7. The molecule has 0 aliphatic rings. The number of unbranched alkanes of at least 4 members (excludes halogenated alkanes) is 9. The smallest absolute Gasteiger partial charge is 0.462 e. The van der Waals surface area contributed by atoms with Crippen molar-refractivity contribution in [2.24, 2.45) is 0 Å². The number of hydrogen-bond acceptors (Lipinski definition) is 7. The van der Waals surface area contributed by atoms with Crippen LogP contribution in [0.25, 0.3) is 0 Å². The van der Waals surface area contributed by atoms with Gasteiger partial charge in [0.2, 0.25) is 0 Å². The molecule has 0 saturated heterocycles. The van der Waals surface area contributed by atoms with Crippen molar-refractivity contribution >= 4 is 19.8 Å². The largest absolute Gasteiger partial charge is 0.472 e. The highest BCUT2D eigenvalue weighted by atomic mass is 31.2. The van der Waals surface area contributed by atoms with Crippen molar-refractivity contribution in [1.82, 2.24) is 0 Å². The van der Waals surface area contributed by atoms with E-state index in [1.165, 1.54) is 25.7 Å². The number of hydrogen-bond donors (Lipinski definition) is 1. The Morgan fingerprint density at radius 2 is 1.07 bits per heavy atom. The minimum atomic E-state index is -4.41. The first-order chi connectivity index (χ1) is 28.0. The van der Waals surface area contributed by atoms with Crippen LogP contribution in [0.3, 0.4) is 0 Å². The zero-order chi connectivity index (χ0) is 42.8. The van der Waals surface area contributed by atoms with Crippen LogP contribution >= 0.6 is 7.82 Å². The van der Waals surface area contributed by atoms with Crippen molar-refractivity contribution in [3.8, 4) is 0 Å². The summed E-state index contributed by atoms with van der Waals surface area (Å²) in [5.74, 6) is -0.925. The number of allylic oxidation sites excluding steroid dienone is 16. The molecule has 0 saturated carbocycles. The molecule has 0 aromatic carbocycles. The fourth-order valence-corrected chi connectivity index (χ4v) is 5.95. The molecule has 2 atom stereocenters. The molecule has 0 bridgehead atoms. The zero-order valence-corrected chi connectivity index (χ0v) is 37.9. The highest BCUT2D eigenvalue weighted by molar-refractivity contribution is 7.47. The van der Waals surface area contributed by atoms with Crippen molar-refractivity contribution in [2.75, 3.05) is 47.5 Å². The lowest BCUT2D eigenvalue weighted by molar-refractivity contribution is -0.870. The first kappa shape index (κ1) is 54.9. The first-order valence-electron chi connectivity index (χ1n) is 22.0. The number of likely N-dealkylation sites (N-methyl/N-ethyl adjacent to an activating group) is 1. The monoisotopic (exact) mass is 831 g/mol. The topological polar surface area (TPSA) is 108 Å². The van der Waals surface area contributed by atoms with Crippen LogP contribution < -0.4 is 0 Å². The fraction of sp³-hybridized carbons (Fsp3) is 0.625. The lowest BCUT2D eigenvalue weighted by Gasteiger charge is -2.24. The molecule has 330 valence electrons. The number of phosphoric ester groups is 1. The number of carbonyl (C=O) groups is 2. The Bertz CT molecular complexity index is 1300. The second-order valence-electron chi connectivity index (χ2n) is 15.4. The molecule has 0 heterocycles. The number of quaternary nitrogens is 1. The van der Waals surface area contributed by atoms with E-state index in [1.807, 2.05) is 33.3 Å². The van der Waals surface area contributed by atoms with Crippen LogP contribution in [0.5, 0.6) is 0 Å². The predicted molar refractivity (Wildman–Crippen MR) is 242 cm³/mol. The van der Waals surface area contributed by atoms with Crippen LogP contribution in [0.2, 0.25) is 0 Å². The molecule has 0 spiro atoms. The Kier molecular flexibility index (Phi) is 37.3. The summed E-state index contributed by atoms with van der Waals surface area (Å²) in [7, 11) is 1.40. The molecule has 1 N–H and O–H groups in total. The van der Waals surface area contributed by atoms with E-state index < -0.39 is 32.5 Å². The Morgan fingerprint density at radius 1 is 0.569 bits per heavy atom. The normalized spacial score (nSPS) is 14.5. The Hall–Kier alpha value is -3.07. The summed E-state index contributed by atoms with van der Waals surface area (Å²) in [6.07, 6.45) is 51.8. The van der Waals surface area contributed by atoms with Gasteiger partial charge in [-0.2, -0.15) is 0 Å². The maximum Gasteiger partial charge on any atom is 0.472 e. The van der Waals surface area contributed by atoms with Gasteiger partial charge >= 0.3 is 19.8 Å². The molecule has 58 heavy (non-hydrogen) atoms. The van der Waals surface area contributed by atoms with Gasteiger partial charge in [0.25, 0.3) is 0 Å². The van der Waals surface area contributed by atoms with Gasteiger partial charge in [0.1, 0.15) is 19.8 Å². The van der Waals surface area contributed by atoms with E-state index in [0.717, 1.165) is 77.0 Å². The lowest BCUT2D eigenvalue weighted by atomic mass is 10.1. The molecule has 9 nitrogen and oxygen atoms in total. The van der Waals surface area contributed by atoms with Crippen molar-refractivity contribution in [1.29, 1.82) is 0 Å². The Balaban J connectivity index is 4.55. The van der Waals surface area contributed by atoms with Crippen LogP contribution in [-0.4, -0.2) is 74.9 Å². The standard InChI is InChI=1S/C48H80NO8P/c1-6-8-10-12-14-16-18-20-22-23-24-25-27-29-31-33-35-37-39-41-48(51)57-46(45-56-58(52,53)55-43-42-49(3,4)5)44-54-47(50)40-38-36-34-32-30-28-26-21-19-17-15-13-11-9-7-2/h8,10,14,16-17,19-22,24-26,29,31,35,37,46H,6-7,9,11-13,15,18,23,27-28,30,32-34,36,38-45H2,1-5H3/p+1/b10-8+,16-14+,19-17+,22-20+,25-24+,26-21+,31-29+,37-35+/t46-/m1/s1. The number of ether oxygens (including phenoxy) is 2. The quantitative estimate of drug-likeness (QED) is 0.0164. The molecule has 0 aromatic heterocycles. The minimum Gasteiger partial charge on any atom is -0.462 e. The summed E-state index contributed by atoms with van der Waals surface area (Å²) in [5, 5.41) is 0. The predicted octanol–water partition coefficient (Wildman–Crippen LogP) is 12.6. The van der Waals surface area contributed by atoms with E-state index in [-0.39, 0.29) is 26.1 Å². The lowest BCUT2D eigenvalue weighted by Crippen LogP contribution is -2.37. The van der Waals surface area contributed by atoms with Gasteiger partial charge in [0.15, 0.2) is 6.10 Å². The minimum absolute atomic E-state index is 0.00989. The summed E-state index contributed by atoms with van der Waals surface area (Å²) >= 11 is 0. The van der Waals surface area contributed by atoms with Crippen molar-refractivity contribution < 1.29 is 42.1 Å². The van der Waals surface area contributed by atoms with E-state index in [4.69, 9.17) is 18.5 Å². The van der Waals surface area contributed by atoms with E-state index in [0.29, 0.717) is 23.9 Å². The van der Waals surface area contributed by atoms with E-state index >= 15 is 0 Å². The van der Waals surface area contributed by atoms with Gasteiger partial charge < -0.3 is 18.9 Å². The number of esters is 2. The Morgan fingerprint density at radius 3 is 1.60 bits per heavy atom. The summed E-state index contributed by atoms with van der Waals surface area (Å²) in [4.78, 5) is 35.3. The van der Waals surface area contributed by atoms with Crippen LogP contribution in [0.4, 0.5) is 0 Å². The van der Waals surface area contributed by atoms with E-state index in [9.17, 15) is 19.0 Å². The molecule has 0 rings (SSSR count). The van der Waals surface area contributed by atoms with Crippen molar-refractivity contribution in [3.05, 3.63) is 97.2 Å². The molecule has 10 heteroatoms. The number of nitrogens with zero attached hydrogens (tertiary/aromatic N) is 1. The third-order valence-electron chi connectivity index (χ3n) is 8.64. The van der Waals surface area contributed by atoms with Gasteiger partial charge in [-0.05, 0) is 77.0 Å². The first-order valence-corrected chi connectivity index (χ1v) is 23.5. The molecular weight excluding hydrogens is 750 g/mol. The van der Waals surface area contributed by atoms with Gasteiger partial charge in [0, 0.05) is 12.8 Å². The number of phosphoric acid groups is 1. The van der Waals surface area contributed by atoms with Gasteiger partial charge in [-0.1, -0.05) is 150 Å². The van der Waals surface area contributed by atoms with Crippen LogP contribution in [0.1, 0.15) is 142 Å². The summed E-state index contributed by atoms with van der Waals surface area (Å²) in [5.41, 5.74) is 0. The van der Waals surface area contributed by atoms with Gasteiger partial charge in [-0.15, -0.1) is 0 Å². The van der Waals surface area contributed by atoms with E-state index in [1.54, 1.807) is 0 Å². The summed E-state index contributed by atoms with van der Waals surface area (Å²) in [6, 6.07) is 0. The summed E-state index contributed by atoms with van der Waals surface area (Å²) in [6.45, 7) is 4.15. The van der Waals surface area contributed by atoms with Gasteiger partial charge in [-0.25, -0.2) is 4.57 Å². The molecule has 0 aliphatic carbocycles. The number of carbonyl (C=O) groups excluding carboxylic acids is 2. The average Bonchev–Trinajstić information content (AvgIpc) is 3.17. The molecule has 1 unspecified atom stereocenters. The van der Waals surface area contributed by atoms with Crippen LogP contribution in [0, 0.1) is 0 Å². The van der Waals surface area contributed by atoms with Crippen LogP contribution in [0.15, 0.2) is 97.2 Å². The SMILES string of the molecule is CC/C=C/C/C=C/C/C=C/C/C=C/C/C=C/C/C=C/CCC(=O)O[C@H](COC(=O)CCCCCCC/C=C/C=C/CCCCCC)COP(=O)(O)OCC[N+](C)(C)C. The zero-order valence-electron chi connectivity index (χ0n) is 37.0.